The highest BCUT2D eigenvalue weighted by molar-refractivity contribution is 6.10. The fourth-order valence-electron chi connectivity index (χ4n) is 5.19. The Morgan fingerprint density at radius 1 is 1.32 bits per heavy atom. The van der Waals surface area contributed by atoms with Crippen LogP contribution in [0, 0.1) is 0 Å². The van der Waals surface area contributed by atoms with Crippen molar-refractivity contribution in [1.29, 1.82) is 0 Å². The molecule has 4 aliphatic heterocycles. The monoisotopic (exact) mass is 384 g/mol. The van der Waals surface area contributed by atoms with Gasteiger partial charge in [0.05, 0.1) is 31.2 Å². The molecule has 1 unspecified atom stereocenters. The summed E-state index contributed by atoms with van der Waals surface area (Å²) in [6, 6.07) is 6.95. The topological polar surface area (TPSA) is 94.2 Å². The Morgan fingerprint density at radius 3 is 2.71 bits per heavy atom. The van der Waals surface area contributed by atoms with Gasteiger partial charge in [0, 0.05) is 12.1 Å². The van der Waals surface area contributed by atoms with Gasteiger partial charge in [0.2, 0.25) is 11.4 Å². The van der Waals surface area contributed by atoms with E-state index in [2.05, 4.69) is 5.32 Å². The van der Waals surface area contributed by atoms with Crippen LogP contribution in [0.15, 0.2) is 35.5 Å². The van der Waals surface area contributed by atoms with E-state index >= 15 is 0 Å². The number of nitrogens with zero attached hydrogens (tertiary/aromatic N) is 1. The standard InChI is InChI=1S/C20H20N2O6/c1-4-27-16(23)14-10(2)21-20-13-9-19(28-20,18(25)26-3)17(24)22(20)15(14)12-8-6-5-7-11(12)13/h5-8,13,15,21H,4,9H2,1-3H3/t13?,15-,19-,20-/m1/s1. The summed E-state index contributed by atoms with van der Waals surface area (Å²) < 4.78 is 16.4. The van der Waals surface area contributed by atoms with Gasteiger partial charge in [0.25, 0.3) is 5.91 Å². The highest BCUT2D eigenvalue weighted by Crippen LogP contribution is 2.64. The molecule has 5 rings (SSSR count). The molecule has 8 nitrogen and oxygen atoms in total. The summed E-state index contributed by atoms with van der Waals surface area (Å²) >= 11 is 0. The average Bonchev–Trinajstić information content (AvgIpc) is 3.15. The Bertz CT molecular complexity index is 971. The largest absolute Gasteiger partial charge is 0.466 e. The minimum Gasteiger partial charge on any atom is -0.466 e. The van der Waals surface area contributed by atoms with Crippen LogP contribution in [0.4, 0.5) is 0 Å². The van der Waals surface area contributed by atoms with Crippen LogP contribution in [0.1, 0.15) is 43.4 Å². The number of piperidine rings is 1. The summed E-state index contributed by atoms with van der Waals surface area (Å²) in [5, 5.41) is 3.23. The molecule has 0 aromatic heterocycles. The van der Waals surface area contributed by atoms with Gasteiger partial charge in [0.15, 0.2) is 0 Å². The van der Waals surface area contributed by atoms with E-state index in [1.807, 2.05) is 24.3 Å². The predicted octanol–water partition coefficient (Wildman–Crippen LogP) is 1.09. The fraction of sp³-hybridized carbons (Fsp3) is 0.450. The van der Waals surface area contributed by atoms with Crippen molar-refractivity contribution in [2.24, 2.45) is 0 Å². The minimum absolute atomic E-state index is 0.188. The molecule has 1 amide bonds. The van der Waals surface area contributed by atoms with Gasteiger partial charge in [0.1, 0.15) is 0 Å². The van der Waals surface area contributed by atoms with Crippen molar-refractivity contribution in [2.45, 2.75) is 43.7 Å². The number of fused-ring (bicyclic) bond motifs is 4. The molecule has 3 bridgehead atoms. The van der Waals surface area contributed by atoms with Crippen molar-refractivity contribution in [3.63, 3.8) is 0 Å². The van der Waals surface area contributed by atoms with E-state index in [1.54, 1.807) is 13.8 Å². The summed E-state index contributed by atoms with van der Waals surface area (Å²) in [7, 11) is 1.24. The average molecular weight is 384 g/mol. The van der Waals surface area contributed by atoms with E-state index in [9.17, 15) is 14.4 Å². The number of allylic oxidation sites excluding steroid dienone is 1. The lowest BCUT2D eigenvalue weighted by molar-refractivity contribution is -0.174. The Labute approximate surface area is 161 Å². The number of amides is 1. The van der Waals surface area contributed by atoms with E-state index in [1.165, 1.54) is 12.0 Å². The SMILES string of the molecule is CCOC(=O)C1=C(C)N[C@]23O[C@]4(C(=O)OC)CC2c2ccccc2[C@H]1N3C4=O. The molecular formula is C20H20N2O6. The number of nitrogens with one attached hydrogen (secondary N) is 1. The third kappa shape index (κ3) is 1.72. The maximum absolute atomic E-state index is 13.4. The first-order valence-electron chi connectivity index (χ1n) is 9.28. The summed E-state index contributed by atoms with van der Waals surface area (Å²) in [6.45, 7) is 3.71. The number of hydrogen-bond acceptors (Lipinski definition) is 7. The van der Waals surface area contributed by atoms with Crippen LogP contribution in [0.3, 0.4) is 0 Å². The molecule has 0 aliphatic carbocycles. The molecule has 1 aromatic carbocycles. The number of carbonyl (C=O) groups is 3. The van der Waals surface area contributed by atoms with Crippen LogP contribution in [0.5, 0.6) is 0 Å². The number of ether oxygens (including phenoxy) is 3. The summed E-state index contributed by atoms with van der Waals surface area (Å²) in [5.74, 6) is -3.19. The second-order valence-electron chi connectivity index (χ2n) is 7.46. The van der Waals surface area contributed by atoms with E-state index in [0.29, 0.717) is 11.3 Å². The second-order valence-corrected chi connectivity index (χ2v) is 7.46. The molecule has 0 radical (unpaired) electrons. The van der Waals surface area contributed by atoms with Crippen LogP contribution >= 0.6 is 0 Å². The molecule has 0 saturated carbocycles. The van der Waals surface area contributed by atoms with Gasteiger partial charge in [-0.15, -0.1) is 0 Å². The molecular weight excluding hydrogens is 364 g/mol. The highest BCUT2D eigenvalue weighted by Gasteiger charge is 2.79. The number of methoxy groups -OCH3 is 1. The zero-order valence-corrected chi connectivity index (χ0v) is 15.8. The van der Waals surface area contributed by atoms with Gasteiger partial charge in [-0.05, 0) is 25.0 Å². The van der Waals surface area contributed by atoms with Crippen molar-refractivity contribution in [3.05, 3.63) is 46.7 Å². The Hall–Kier alpha value is -2.87. The van der Waals surface area contributed by atoms with E-state index in [0.717, 1.165) is 11.1 Å². The summed E-state index contributed by atoms with van der Waals surface area (Å²) in [5.41, 5.74) is 1.02. The molecule has 4 aliphatic rings. The molecule has 8 heteroatoms. The van der Waals surface area contributed by atoms with Gasteiger partial charge < -0.3 is 19.5 Å². The third-order valence-electron chi connectivity index (χ3n) is 6.19. The lowest BCUT2D eigenvalue weighted by Crippen LogP contribution is -2.68. The molecule has 1 N–H and O–H groups in total. The highest BCUT2D eigenvalue weighted by atomic mass is 16.6. The van der Waals surface area contributed by atoms with Gasteiger partial charge in [-0.1, -0.05) is 24.3 Å². The molecule has 4 atom stereocenters. The zero-order chi connectivity index (χ0) is 19.8. The van der Waals surface area contributed by atoms with Crippen molar-refractivity contribution in [2.75, 3.05) is 13.7 Å². The summed E-state index contributed by atoms with van der Waals surface area (Å²) in [6.07, 6.45) is 0.188. The lowest BCUT2D eigenvalue weighted by atomic mass is 9.71. The Morgan fingerprint density at radius 2 is 2.04 bits per heavy atom. The van der Waals surface area contributed by atoms with Crippen molar-refractivity contribution in [3.8, 4) is 0 Å². The van der Waals surface area contributed by atoms with E-state index in [4.69, 9.17) is 14.2 Å². The number of hydrogen-bond donors (Lipinski definition) is 1. The quantitative estimate of drug-likeness (QED) is 0.616. The maximum Gasteiger partial charge on any atom is 0.348 e. The molecule has 146 valence electrons. The molecule has 2 saturated heterocycles. The summed E-state index contributed by atoms with van der Waals surface area (Å²) in [4.78, 5) is 40.3. The van der Waals surface area contributed by atoms with Crippen LogP contribution in [-0.4, -0.2) is 47.9 Å². The van der Waals surface area contributed by atoms with E-state index in [-0.39, 0.29) is 18.9 Å². The minimum atomic E-state index is -1.71. The normalized spacial score (nSPS) is 34.1. The molecule has 1 spiro atoms. The predicted molar refractivity (Wildman–Crippen MR) is 94.4 cm³/mol. The van der Waals surface area contributed by atoms with Gasteiger partial charge in [-0.2, -0.15) is 0 Å². The van der Waals surface area contributed by atoms with Crippen LogP contribution in [0.25, 0.3) is 0 Å². The second kappa shape index (κ2) is 5.35. The zero-order valence-electron chi connectivity index (χ0n) is 15.8. The fourth-order valence-corrected chi connectivity index (χ4v) is 5.19. The molecule has 2 fully saturated rings. The first kappa shape index (κ1) is 17.2. The third-order valence-corrected chi connectivity index (χ3v) is 6.19. The first-order valence-corrected chi connectivity index (χ1v) is 9.28. The Balaban J connectivity index is 1.77. The molecule has 28 heavy (non-hydrogen) atoms. The van der Waals surface area contributed by atoms with Crippen molar-refractivity contribution in [1.82, 2.24) is 10.2 Å². The van der Waals surface area contributed by atoms with Gasteiger partial charge in [-0.3, -0.25) is 9.69 Å². The van der Waals surface area contributed by atoms with Crippen LogP contribution < -0.4 is 5.32 Å². The smallest absolute Gasteiger partial charge is 0.348 e. The van der Waals surface area contributed by atoms with Crippen molar-refractivity contribution < 1.29 is 28.6 Å². The Kier molecular flexibility index (Phi) is 3.29. The van der Waals surface area contributed by atoms with Crippen LogP contribution in [0.2, 0.25) is 0 Å². The van der Waals surface area contributed by atoms with E-state index < -0.39 is 35.3 Å². The van der Waals surface area contributed by atoms with Crippen molar-refractivity contribution >= 4 is 17.8 Å². The number of esters is 2. The number of carbonyl (C=O) groups excluding carboxylic acids is 3. The van der Waals surface area contributed by atoms with Gasteiger partial charge >= 0.3 is 11.9 Å². The number of benzene rings is 1. The molecule has 4 heterocycles. The number of rotatable bonds is 3. The maximum atomic E-state index is 13.4. The lowest BCUT2D eigenvalue weighted by Gasteiger charge is -2.54. The first-order chi connectivity index (χ1) is 13.4. The van der Waals surface area contributed by atoms with Gasteiger partial charge in [-0.25, -0.2) is 9.59 Å². The van der Waals surface area contributed by atoms with Crippen LogP contribution in [-0.2, 0) is 28.6 Å². The molecule has 1 aromatic rings.